The van der Waals surface area contributed by atoms with Gasteiger partial charge in [0.2, 0.25) is 0 Å². The second-order valence-corrected chi connectivity index (χ2v) is 6.47. The lowest BCUT2D eigenvalue weighted by Crippen LogP contribution is -2.50. The molecule has 3 heteroatoms. The molecule has 0 saturated carbocycles. The summed E-state index contributed by atoms with van der Waals surface area (Å²) in [5.41, 5.74) is 9.17. The Bertz CT molecular complexity index is 462. The van der Waals surface area contributed by atoms with Crippen LogP contribution in [0.5, 0.6) is 0 Å². The summed E-state index contributed by atoms with van der Waals surface area (Å²) >= 11 is 0. The Hall–Kier alpha value is -0.900. The topological polar surface area (TPSA) is 38.5 Å². The summed E-state index contributed by atoms with van der Waals surface area (Å²) in [5.74, 6) is 0. The summed E-state index contributed by atoms with van der Waals surface area (Å²) in [6.45, 7) is 1.85. The molecule has 1 aromatic carbocycles. The summed E-state index contributed by atoms with van der Waals surface area (Å²) in [7, 11) is 1.83. The van der Waals surface area contributed by atoms with E-state index < -0.39 is 0 Å². The fourth-order valence-corrected chi connectivity index (χ4v) is 4.13. The van der Waals surface area contributed by atoms with Gasteiger partial charge in [0.1, 0.15) is 0 Å². The van der Waals surface area contributed by atoms with Crippen LogP contribution in [-0.2, 0) is 11.2 Å². The predicted molar refractivity (Wildman–Crippen MR) is 86.3 cm³/mol. The number of nitrogens with zero attached hydrogens (tertiary/aromatic N) is 1. The largest absolute Gasteiger partial charge is 0.381 e. The zero-order chi connectivity index (χ0) is 14.7. The van der Waals surface area contributed by atoms with Gasteiger partial charge < -0.3 is 10.5 Å². The van der Waals surface area contributed by atoms with Crippen molar-refractivity contribution in [1.29, 1.82) is 0 Å². The van der Waals surface area contributed by atoms with Gasteiger partial charge in [-0.2, -0.15) is 0 Å². The van der Waals surface area contributed by atoms with E-state index >= 15 is 0 Å². The molecular weight excluding hydrogens is 260 g/mol. The first-order valence-electron chi connectivity index (χ1n) is 8.40. The molecule has 2 N–H and O–H groups in total. The van der Waals surface area contributed by atoms with E-state index in [0.717, 1.165) is 25.9 Å². The molecule has 1 heterocycles. The molecule has 1 aliphatic heterocycles. The number of nitrogens with two attached hydrogens (primary N) is 1. The molecule has 3 atom stereocenters. The van der Waals surface area contributed by atoms with Gasteiger partial charge in [0.15, 0.2) is 0 Å². The van der Waals surface area contributed by atoms with Crippen LogP contribution in [0.1, 0.15) is 49.3 Å². The summed E-state index contributed by atoms with van der Waals surface area (Å²) in [5, 5.41) is 0. The Kier molecular flexibility index (Phi) is 4.94. The number of fused-ring (bicyclic) bond motifs is 1. The molecule has 0 radical (unpaired) electrons. The number of hydrogen-bond donors (Lipinski definition) is 1. The Morgan fingerprint density at radius 1 is 1.24 bits per heavy atom. The SMILES string of the molecule is COC1CCN(C2CCCCc3ccccc32)C(CN)C1. The fraction of sp³-hybridized carbons (Fsp3) is 0.667. The van der Waals surface area contributed by atoms with Crippen molar-refractivity contribution in [1.82, 2.24) is 4.90 Å². The van der Waals surface area contributed by atoms with Crippen LogP contribution in [0.15, 0.2) is 24.3 Å². The monoisotopic (exact) mass is 288 g/mol. The van der Waals surface area contributed by atoms with E-state index in [2.05, 4.69) is 29.2 Å². The number of ether oxygens (including phenoxy) is 1. The van der Waals surface area contributed by atoms with E-state index in [1.54, 1.807) is 11.1 Å². The highest BCUT2D eigenvalue weighted by Gasteiger charge is 2.34. The molecule has 0 bridgehead atoms. The average Bonchev–Trinajstić information content (AvgIpc) is 2.76. The quantitative estimate of drug-likeness (QED) is 0.869. The number of hydrogen-bond acceptors (Lipinski definition) is 3. The van der Waals surface area contributed by atoms with Crippen LogP contribution < -0.4 is 5.73 Å². The van der Waals surface area contributed by atoms with E-state index in [1.165, 1.54) is 25.7 Å². The van der Waals surface area contributed by atoms with Gasteiger partial charge in [-0.1, -0.05) is 30.7 Å². The zero-order valence-corrected chi connectivity index (χ0v) is 13.1. The molecule has 1 saturated heterocycles. The van der Waals surface area contributed by atoms with Crippen molar-refractivity contribution in [2.75, 3.05) is 20.2 Å². The number of likely N-dealkylation sites (tertiary alicyclic amines) is 1. The van der Waals surface area contributed by atoms with E-state index in [-0.39, 0.29) is 0 Å². The van der Waals surface area contributed by atoms with Gasteiger partial charge in [-0.25, -0.2) is 0 Å². The third-order valence-corrected chi connectivity index (χ3v) is 5.31. The van der Waals surface area contributed by atoms with Crippen molar-refractivity contribution in [2.45, 2.75) is 56.7 Å². The Labute approximate surface area is 128 Å². The van der Waals surface area contributed by atoms with Crippen molar-refractivity contribution in [2.24, 2.45) is 5.73 Å². The first kappa shape index (κ1) is 15.0. The van der Waals surface area contributed by atoms with Crippen LogP contribution in [-0.4, -0.2) is 37.2 Å². The van der Waals surface area contributed by atoms with Crippen molar-refractivity contribution in [3.05, 3.63) is 35.4 Å². The minimum Gasteiger partial charge on any atom is -0.381 e. The van der Waals surface area contributed by atoms with Gasteiger partial charge in [0, 0.05) is 32.3 Å². The molecule has 3 unspecified atom stereocenters. The van der Waals surface area contributed by atoms with E-state index in [1.807, 2.05) is 7.11 Å². The number of methoxy groups -OCH3 is 1. The van der Waals surface area contributed by atoms with Crippen LogP contribution in [0.3, 0.4) is 0 Å². The smallest absolute Gasteiger partial charge is 0.0599 e. The van der Waals surface area contributed by atoms with E-state index in [9.17, 15) is 0 Å². The minimum atomic E-state index is 0.385. The second-order valence-electron chi connectivity index (χ2n) is 6.47. The van der Waals surface area contributed by atoms with Crippen molar-refractivity contribution in [3.63, 3.8) is 0 Å². The fourth-order valence-electron chi connectivity index (χ4n) is 4.13. The van der Waals surface area contributed by atoms with Gasteiger partial charge in [0.25, 0.3) is 0 Å². The maximum absolute atomic E-state index is 6.08. The first-order chi connectivity index (χ1) is 10.3. The third kappa shape index (κ3) is 3.15. The normalized spacial score (nSPS) is 30.7. The number of benzene rings is 1. The zero-order valence-electron chi connectivity index (χ0n) is 13.1. The number of aryl methyl sites for hydroxylation is 1. The molecule has 0 spiro atoms. The van der Waals surface area contributed by atoms with Gasteiger partial charge in [-0.05, 0) is 43.2 Å². The molecule has 1 fully saturated rings. The molecule has 0 amide bonds. The molecule has 2 aliphatic rings. The maximum atomic E-state index is 6.08. The van der Waals surface area contributed by atoms with Crippen molar-refractivity contribution >= 4 is 0 Å². The average molecular weight is 288 g/mol. The Morgan fingerprint density at radius 2 is 2.10 bits per heavy atom. The van der Waals surface area contributed by atoms with Crippen LogP contribution in [0.4, 0.5) is 0 Å². The second kappa shape index (κ2) is 6.91. The summed E-state index contributed by atoms with van der Waals surface area (Å²) < 4.78 is 5.57. The molecule has 116 valence electrons. The van der Waals surface area contributed by atoms with E-state index in [4.69, 9.17) is 10.5 Å². The van der Waals surface area contributed by atoms with Crippen molar-refractivity contribution in [3.8, 4) is 0 Å². The molecule has 1 aliphatic carbocycles. The number of piperidine rings is 1. The highest BCUT2D eigenvalue weighted by atomic mass is 16.5. The predicted octanol–water partition coefficient (Wildman–Crippen LogP) is 2.89. The summed E-state index contributed by atoms with van der Waals surface area (Å²) in [6.07, 6.45) is 7.73. The Balaban J connectivity index is 1.85. The first-order valence-corrected chi connectivity index (χ1v) is 8.40. The summed E-state index contributed by atoms with van der Waals surface area (Å²) in [6, 6.07) is 10.0. The van der Waals surface area contributed by atoms with Gasteiger partial charge in [0.05, 0.1) is 6.10 Å². The minimum absolute atomic E-state index is 0.385. The molecule has 3 nitrogen and oxygen atoms in total. The summed E-state index contributed by atoms with van der Waals surface area (Å²) in [4.78, 5) is 2.67. The van der Waals surface area contributed by atoms with Crippen LogP contribution in [0.25, 0.3) is 0 Å². The lowest BCUT2D eigenvalue weighted by atomic mass is 9.91. The Morgan fingerprint density at radius 3 is 2.90 bits per heavy atom. The van der Waals surface area contributed by atoms with Crippen molar-refractivity contribution < 1.29 is 4.74 Å². The lowest BCUT2D eigenvalue weighted by molar-refractivity contribution is -0.00645. The molecular formula is C18H28N2O. The molecule has 0 aromatic heterocycles. The third-order valence-electron chi connectivity index (χ3n) is 5.31. The van der Waals surface area contributed by atoms with Crippen LogP contribution >= 0.6 is 0 Å². The van der Waals surface area contributed by atoms with E-state index in [0.29, 0.717) is 18.2 Å². The molecule has 3 rings (SSSR count). The van der Waals surface area contributed by atoms with Gasteiger partial charge >= 0.3 is 0 Å². The number of rotatable bonds is 3. The lowest BCUT2D eigenvalue weighted by Gasteiger charge is -2.43. The van der Waals surface area contributed by atoms with Gasteiger partial charge in [-0.15, -0.1) is 0 Å². The van der Waals surface area contributed by atoms with Crippen LogP contribution in [0.2, 0.25) is 0 Å². The molecule has 21 heavy (non-hydrogen) atoms. The highest BCUT2D eigenvalue weighted by molar-refractivity contribution is 5.31. The maximum Gasteiger partial charge on any atom is 0.0599 e. The van der Waals surface area contributed by atoms with Crippen LogP contribution in [0, 0.1) is 0 Å². The standard InChI is InChI=1S/C18H28N2O/c1-21-16-10-11-20(15(12-16)13-19)18-9-5-3-7-14-6-2-4-8-17(14)18/h2,4,6,8,15-16,18H,3,5,7,9-13,19H2,1H3. The molecule has 1 aromatic rings. The highest BCUT2D eigenvalue weighted by Crippen LogP contribution is 2.37. The van der Waals surface area contributed by atoms with Gasteiger partial charge in [-0.3, -0.25) is 4.90 Å².